The third-order valence-corrected chi connectivity index (χ3v) is 3.12. The average Bonchev–Trinajstić information content (AvgIpc) is 2.75. The van der Waals surface area contributed by atoms with Gasteiger partial charge in [-0.2, -0.15) is 5.10 Å². The zero-order chi connectivity index (χ0) is 13.3. The Kier molecular flexibility index (Phi) is 3.66. The van der Waals surface area contributed by atoms with Gasteiger partial charge in [0.25, 0.3) is 6.43 Å². The minimum Gasteiger partial charge on any atom is -0.231 e. The van der Waals surface area contributed by atoms with E-state index in [0.29, 0.717) is 11.3 Å². The summed E-state index contributed by atoms with van der Waals surface area (Å²) in [5, 5.41) is 4.03. The number of hydrogen-bond donors (Lipinski definition) is 0. The lowest BCUT2D eigenvalue weighted by Gasteiger charge is -2.11. The second-order valence-electron chi connectivity index (χ2n) is 4.19. The Bertz CT molecular complexity index is 564. The van der Waals surface area contributed by atoms with E-state index in [0.717, 1.165) is 11.1 Å². The van der Waals surface area contributed by atoms with E-state index < -0.39 is 6.43 Å². The van der Waals surface area contributed by atoms with Crippen molar-refractivity contribution < 1.29 is 8.78 Å². The SMILES string of the molecule is Cc1ccc(C)c(-n2ncc(CCl)c2C(F)F)c1. The minimum absolute atomic E-state index is 0.0323. The molecule has 0 bridgehead atoms. The van der Waals surface area contributed by atoms with E-state index in [4.69, 9.17) is 11.6 Å². The quantitative estimate of drug-likeness (QED) is 0.766. The van der Waals surface area contributed by atoms with Gasteiger partial charge in [-0.25, -0.2) is 13.5 Å². The van der Waals surface area contributed by atoms with Gasteiger partial charge in [-0.1, -0.05) is 12.1 Å². The number of alkyl halides is 3. The Balaban J connectivity index is 2.63. The van der Waals surface area contributed by atoms with E-state index in [1.54, 1.807) is 0 Å². The van der Waals surface area contributed by atoms with E-state index in [2.05, 4.69) is 5.10 Å². The molecule has 5 heteroatoms. The summed E-state index contributed by atoms with van der Waals surface area (Å²) in [7, 11) is 0. The van der Waals surface area contributed by atoms with E-state index >= 15 is 0 Å². The first kappa shape index (κ1) is 13.0. The average molecular weight is 271 g/mol. The molecule has 1 aromatic heterocycles. The van der Waals surface area contributed by atoms with Crippen molar-refractivity contribution in [3.63, 3.8) is 0 Å². The molecule has 0 N–H and O–H groups in total. The molecule has 2 nitrogen and oxygen atoms in total. The van der Waals surface area contributed by atoms with Crippen molar-refractivity contribution in [2.75, 3.05) is 0 Å². The van der Waals surface area contributed by atoms with Gasteiger partial charge in [-0.05, 0) is 31.0 Å². The maximum atomic E-state index is 13.1. The van der Waals surface area contributed by atoms with Crippen LogP contribution in [0.25, 0.3) is 5.69 Å². The third-order valence-electron chi connectivity index (χ3n) is 2.83. The van der Waals surface area contributed by atoms with Crippen LogP contribution in [0.5, 0.6) is 0 Å². The van der Waals surface area contributed by atoms with Gasteiger partial charge in [0.2, 0.25) is 0 Å². The molecule has 0 amide bonds. The van der Waals surface area contributed by atoms with E-state index in [1.165, 1.54) is 10.9 Å². The summed E-state index contributed by atoms with van der Waals surface area (Å²) >= 11 is 5.66. The van der Waals surface area contributed by atoms with Crippen molar-refractivity contribution in [3.05, 3.63) is 46.8 Å². The first-order valence-corrected chi connectivity index (χ1v) is 6.06. The fourth-order valence-corrected chi connectivity index (χ4v) is 2.07. The Morgan fingerprint density at radius 1 is 1.33 bits per heavy atom. The molecule has 0 aliphatic rings. The predicted octanol–water partition coefficient (Wildman–Crippen LogP) is 4.17. The number of aromatic nitrogens is 2. The molecule has 96 valence electrons. The minimum atomic E-state index is -2.60. The van der Waals surface area contributed by atoms with Crippen molar-refractivity contribution in [2.45, 2.75) is 26.2 Å². The maximum Gasteiger partial charge on any atom is 0.280 e. The van der Waals surface area contributed by atoms with E-state index in [9.17, 15) is 8.78 Å². The Labute approximate surface area is 109 Å². The third kappa shape index (κ3) is 2.25. The number of hydrogen-bond acceptors (Lipinski definition) is 1. The zero-order valence-electron chi connectivity index (χ0n) is 10.1. The van der Waals surface area contributed by atoms with Crippen LogP contribution in [0.1, 0.15) is 28.8 Å². The second kappa shape index (κ2) is 5.06. The molecule has 1 aromatic carbocycles. The van der Waals surface area contributed by atoms with Crippen molar-refractivity contribution in [2.24, 2.45) is 0 Å². The zero-order valence-corrected chi connectivity index (χ0v) is 10.9. The summed E-state index contributed by atoms with van der Waals surface area (Å²) in [5.41, 5.74) is 2.80. The monoisotopic (exact) mass is 270 g/mol. The van der Waals surface area contributed by atoms with Crippen LogP contribution in [-0.4, -0.2) is 9.78 Å². The van der Waals surface area contributed by atoms with Gasteiger partial charge in [-0.3, -0.25) is 0 Å². The lowest BCUT2D eigenvalue weighted by Crippen LogP contribution is -2.06. The van der Waals surface area contributed by atoms with Crippen molar-refractivity contribution in [1.29, 1.82) is 0 Å². The van der Waals surface area contributed by atoms with Gasteiger partial charge in [-0.15, -0.1) is 11.6 Å². The maximum absolute atomic E-state index is 13.1. The molecular formula is C13H13ClF2N2. The molecule has 18 heavy (non-hydrogen) atoms. The molecular weight excluding hydrogens is 258 g/mol. The van der Waals surface area contributed by atoms with Crippen LogP contribution in [0, 0.1) is 13.8 Å². The summed E-state index contributed by atoms with van der Waals surface area (Å²) in [6.45, 7) is 3.78. The predicted molar refractivity (Wildman–Crippen MR) is 67.6 cm³/mol. The Morgan fingerprint density at radius 2 is 2.06 bits per heavy atom. The number of halogens is 3. The first-order valence-electron chi connectivity index (χ1n) is 5.53. The standard InChI is InChI=1S/C13H13ClF2N2/c1-8-3-4-9(2)11(5-8)18-12(13(15)16)10(6-14)7-17-18/h3-5,7,13H,6H2,1-2H3. The molecule has 0 saturated carbocycles. The molecule has 0 spiro atoms. The van der Waals surface area contributed by atoms with Crippen molar-refractivity contribution in [1.82, 2.24) is 9.78 Å². The van der Waals surface area contributed by atoms with Crippen molar-refractivity contribution in [3.8, 4) is 5.69 Å². The first-order chi connectivity index (χ1) is 8.54. The van der Waals surface area contributed by atoms with Gasteiger partial charge in [0.1, 0.15) is 5.69 Å². The summed E-state index contributed by atoms with van der Waals surface area (Å²) in [5.74, 6) is 0.0323. The Hall–Kier alpha value is -1.42. The van der Waals surface area contributed by atoms with Crippen LogP contribution in [0.15, 0.2) is 24.4 Å². The van der Waals surface area contributed by atoms with Gasteiger partial charge in [0, 0.05) is 5.56 Å². The van der Waals surface area contributed by atoms with E-state index in [1.807, 2.05) is 32.0 Å². The van der Waals surface area contributed by atoms with Crippen LogP contribution in [0.4, 0.5) is 8.78 Å². The molecule has 0 unspecified atom stereocenters. The molecule has 0 aliphatic carbocycles. The number of aryl methyl sites for hydroxylation is 2. The van der Waals surface area contributed by atoms with Gasteiger partial charge in [0.15, 0.2) is 0 Å². The summed E-state index contributed by atoms with van der Waals surface area (Å²) < 4.78 is 27.5. The smallest absolute Gasteiger partial charge is 0.231 e. The molecule has 0 aliphatic heterocycles. The summed E-state index contributed by atoms with van der Waals surface area (Å²) in [6.07, 6.45) is -1.20. The lowest BCUT2D eigenvalue weighted by molar-refractivity contribution is 0.142. The molecule has 0 atom stereocenters. The molecule has 0 radical (unpaired) electrons. The molecule has 2 aromatic rings. The summed E-state index contributed by atoms with van der Waals surface area (Å²) in [6, 6.07) is 5.67. The van der Waals surface area contributed by atoms with Crippen LogP contribution >= 0.6 is 11.6 Å². The highest BCUT2D eigenvalue weighted by Gasteiger charge is 2.21. The largest absolute Gasteiger partial charge is 0.280 e. The number of benzene rings is 1. The molecule has 0 saturated heterocycles. The van der Waals surface area contributed by atoms with Crippen LogP contribution < -0.4 is 0 Å². The summed E-state index contributed by atoms with van der Waals surface area (Å²) in [4.78, 5) is 0. The highest BCUT2D eigenvalue weighted by Crippen LogP contribution is 2.28. The molecule has 2 rings (SSSR count). The normalized spacial score (nSPS) is 11.2. The molecule has 1 heterocycles. The molecule has 0 fully saturated rings. The topological polar surface area (TPSA) is 17.8 Å². The van der Waals surface area contributed by atoms with Crippen LogP contribution in [0.3, 0.4) is 0 Å². The Morgan fingerprint density at radius 3 is 2.67 bits per heavy atom. The van der Waals surface area contributed by atoms with Crippen LogP contribution in [0.2, 0.25) is 0 Å². The fraction of sp³-hybridized carbons (Fsp3) is 0.308. The van der Waals surface area contributed by atoms with Gasteiger partial charge >= 0.3 is 0 Å². The lowest BCUT2D eigenvalue weighted by atomic mass is 10.1. The van der Waals surface area contributed by atoms with Gasteiger partial charge in [0.05, 0.1) is 17.8 Å². The van der Waals surface area contributed by atoms with Gasteiger partial charge < -0.3 is 0 Å². The second-order valence-corrected chi connectivity index (χ2v) is 4.46. The highest BCUT2D eigenvalue weighted by atomic mass is 35.5. The fourth-order valence-electron chi connectivity index (χ4n) is 1.87. The number of nitrogens with zero attached hydrogens (tertiary/aromatic N) is 2. The van der Waals surface area contributed by atoms with Crippen molar-refractivity contribution >= 4 is 11.6 Å². The van der Waals surface area contributed by atoms with Crippen LogP contribution in [-0.2, 0) is 5.88 Å². The van der Waals surface area contributed by atoms with E-state index in [-0.39, 0.29) is 11.6 Å². The number of rotatable bonds is 3. The highest BCUT2D eigenvalue weighted by molar-refractivity contribution is 6.17.